The molecule has 2 atom stereocenters. The van der Waals surface area contributed by atoms with Gasteiger partial charge < -0.3 is 10.1 Å². The van der Waals surface area contributed by atoms with Crippen molar-refractivity contribution in [3.8, 4) is 45.0 Å². The number of nitrogens with zero attached hydrogens (tertiary/aromatic N) is 5. The molecule has 276 valence electrons. The number of fused-ring (bicyclic) bond motifs is 2. The maximum Gasteiger partial charge on any atom is 0.410 e. The van der Waals surface area contributed by atoms with Gasteiger partial charge in [0.15, 0.2) is 0 Å². The standard InChI is InChI=1S/C25H27N3O2.C20H19N3.ClH/c1-17-21-20(15-16-28(17)24(29)30-25(2,3)4)26-22(18-11-7-5-8-12-18)23(27-21)19-13-9-6-10-14-19;1-14-18-17(12-13-21-14)22-19(15-8-4-2-5-9-15)20(23-18)16-10-6-3-7-11-16;/h5-14,17H,15-16H2,1-4H3;2-11,14,21H,12-13H2,1H3;1H. The van der Waals surface area contributed by atoms with Gasteiger partial charge in [0.2, 0.25) is 0 Å². The summed E-state index contributed by atoms with van der Waals surface area (Å²) in [6.45, 7) is 11.3. The highest BCUT2D eigenvalue weighted by atomic mass is 35.5. The van der Waals surface area contributed by atoms with E-state index in [1.165, 1.54) is 0 Å². The minimum Gasteiger partial charge on any atom is -0.444 e. The lowest BCUT2D eigenvalue weighted by atomic mass is 9.99. The summed E-state index contributed by atoms with van der Waals surface area (Å²) in [6.07, 6.45) is 1.28. The molecule has 2 aliphatic heterocycles. The second kappa shape index (κ2) is 16.7. The molecule has 2 aromatic heterocycles. The van der Waals surface area contributed by atoms with Crippen molar-refractivity contribution in [3.05, 3.63) is 144 Å². The Kier molecular flexibility index (Phi) is 11.8. The molecule has 0 fully saturated rings. The second-order valence-corrected chi connectivity index (χ2v) is 14.5. The van der Waals surface area contributed by atoms with Gasteiger partial charge in [0.1, 0.15) is 5.60 Å². The Balaban J connectivity index is 0.000000187. The van der Waals surface area contributed by atoms with E-state index in [9.17, 15) is 4.79 Å². The Labute approximate surface area is 324 Å². The van der Waals surface area contributed by atoms with Crippen molar-refractivity contribution in [3.63, 3.8) is 0 Å². The highest BCUT2D eigenvalue weighted by molar-refractivity contribution is 5.85. The van der Waals surface area contributed by atoms with Crippen molar-refractivity contribution >= 4 is 18.5 Å². The first kappa shape index (κ1) is 38.3. The van der Waals surface area contributed by atoms with Crippen LogP contribution in [0.5, 0.6) is 0 Å². The van der Waals surface area contributed by atoms with Crippen molar-refractivity contribution in [2.45, 2.75) is 65.1 Å². The van der Waals surface area contributed by atoms with Gasteiger partial charge in [-0.25, -0.2) is 24.7 Å². The van der Waals surface area contributed by atoms with Gasteiger partial charge in [-0.3, -0.25) is 4.90 Å². The summed E-state index contributed by atoms with van der Waals surface area (Å²) in [5.41, 5.74) is 11.4. The molecule has 0 aliphatic carbocycles. The Morgan fingerprint density at radius 1 is 0.611 bits per heavy atom. The van der Waals surface area contributed by atoms with Crippen LogP contribution in [0.25, 0.3) is 45.0 Å². The van der Waals surface area contributed by atoms with Crippen LogP contribution in [-0.2, 0) is 17.6 Å². The van der Waals surface area contributed by atoms with E-state index in [1.54, 1.807) is 4.90 Å². The predicted octanol–water partition coefficient (Wildman–Crippen LogP) is 10.1. The molecule has 0 saturated carbocycles. The van der Waals surface area contributed by atoms with Crippen LogP contribution in [0.15, 0.2) is 121 Å². The lowest BCUT2D eigenvalue weighted by molar-refractivity contribution is 0.0153. The smallest absolute Gasteiger partial charge is 0.410 e. The molecule has 1 amide bonds. The Hall–Kier alpha value is -5.44. The maximum absolute atomic E-state index is 12.7. The summed E-state index contributed by atoms with van der Waals surface area (Å²) in [4.78, 5) is 34.6. The van der Waals surface area contributed by atoms with Crippen LogP contribution in [-0.4, -0.2) is 49.6 Å². The summed E-state index contributed by atoms with van der Waals surface area (Å²) in [6, 6.07) is 40.9. The molecule has 0 radical (unpaired) electrons. The lowest BCUT2D eigenvalue weighted by Crippen LogP contribution is -2.42. The Morgan fingerprint density at radius 3 is 1.43 bits per heavy atom. The van der Waals surface area contributed by atoms with Crippen LogP contribution >= 0.6 is 12.4 Å². The summed E-state index contributed by atoms with van der Waals surface area (Å²) in [7, 11) is 0. The molecule has 8 nitrogen and oxygen atoms in total. The van der Waals surface area contributed by atoms with E-state index in [0.717, 1.165) is 80.8 Å². The van der Waals surface area contributed by atoms with Crippen LogP contribution in [0.1, 0.15) is 69.5 Å². The number of benzene rings is 4. The number of carbonyl (C=O) groups is 1. The highest BCUT2D eigenvalue weighted by Crippen LogP contribution is 2.36. The van der Waals surface area contributed by atoms with E-state index in [1.807, 2.05) is 100 Å². The van der Waals surface area contributed by atoms with E-state index in [-0.39, 0.29) is 30.6 Å². The van der Waals surface area contributed by atoms with Crippen molar-refractivity contribution < 1.29 is 9.53 Å². The molecule has 54 heavy (non-hydrogen) atoms. The normalized spacial score (nSPS) is 16.1. The van der Waals surface area contributed by atoms with Crippen molar-refractivity contribution in [2.24, 2.45) is 0 Å². The molecule has 2 unspecified atom stereocenters. The number of hydrogen-bond donors (Lipinski definition) is 1. The first-order valence-electron chi connectivity index (χ1n) is 18.4. The number of ether oxygens (including phenoxy) is 1. The van der Waals surface area contributed by atoms with Gasteiger partial charge in [-0.2, -0.15) is 0 Å². The van der Waals surface area contributed by atoms with Crippen LogP contribution in [0.4, 0.5) is 4.79 Å². The molecule has 1 N–H and O–H groups in total. The molecule has 0 saturated heterocycles. The van der Waals surface area contributed by atoms with Crippen molar-refractivity contribution in [2.75, 3.05) is 13.1 Å². The first-order valence-corrected chi connectivity index (χ1v) is 18.4. The molecule has 6 aromatic rings. The van der Waals surface area contributed by atoms with Gasteiger partial charge in [-0.15, -0.1) is 12.4 Å². The van der Waals surface area contributed by atoms with E-state index in [2.05, 4.69) is 60.8 Å². The fourth-order valence-corrected chi connectivity index (χ4v) is 6.85. The molecule has 0 spiro atoms. The fraction of sp³-hybridized carbons (Fsp3) is 0.267. The quantitative estimate of drug-likeness (QED) is 0.192. The third kappa shape index (κ3) is 8.51. The third-order valence-corrected chi connectivity index (χ3v) is 9.49. The fourth-order valence-electron chi connectivity index (χ4n) is 6.85. The zero-order valence-electron chi connectivity index (χ0n) is 31.5. The van der Waals surface area contributed by atoms with Crippen LogP contribution in [0.2, 0.25) is 0 Å². The largest absolute Gasteiger partial charge is 0.444 e. The molecule has 8 rings (SSSR count). The molecular weight excluding hydrogens is 692 g/mol. The van der Waals surface area contributed by atoms with E-state index in [4.69, 9.17) is 24.7 Å². The summed E-state index contributed by atoms with van der Waals surface area (Å²) in [5, 5.41) is 3.47. The van der Waals surface area contributed by atoms with Gasteiger partial charge in [0.05, 0.1) is 51.6 Å². The molecule has 2 aliphatic rings. The van der Waals surface area contributed by atoms with E-state index in [0.29, 0.717) is 13.0 Å². The van der Waals surface area contributed by atoms with Gasteiger partial charge in [0.25, 0.3) is 0 Å². The molecular formula is C45H47ClN6O2. The zero-order chi connectivity index (χ0) is 37.0. The topological polar surface area (TPSA) is 93.1 Å². The van der Waals surface area contributed by atoms with E-state index < -0.39 is 5.60 Å². The van der Waals surface area contributed by atoms with Gasteiger partial charge in [-0.1, -0.05) is 121 Å². The van der Waals surface area contributed by atoms with Crippen LogP contribution in [0, 0.1) is 0 Å². The SMILES string of the molecule is CC1NCCc2nc(-c3ccccc3)c(-c3ccccc3)nc21.CC1c2nc(-c3ccccc3)c(-c3ccccc3)nc2CCN1C(=O)OC(C)(C)C.Cl. The number of rotatable bonds is 4. The van der Waals surface area contributed by atoms with Crippen LogP contribution in [0.3, 0.4) is 0 Å². The maximum atomic E-state index is 12.7. The van der Waals surface area contributed by atoms with Crippen molar-refractivity contribution in [1.29, 1.82) is 0 Å². The minimum absolute atomic E-state index is 0. The zero-order valence-corrected chi connectivity index (χ0v) is 32.3. The van der Waals surface area contributed by atoms with Gasteiger partial charge in [0, 0.05) is 54.2 Å². The number of hydrogen-bond acceptors (Lipinski definition) is 7. The highest BCUT2D eigenvalue weighted by Gasteiger charge is 2.34. The summed E-state index contributed by atoms with van der Waals surface area (Å²) in [5.74, 6) is 0. The summed E-state index contributed by atoms with van der Waals surface area (Å²) < 4.78 is 5.61. The third-order valence-electron chi connectivity index (χ3n) is 9.49. The second-order valence-electron chi connectivity index (χ2n) is 14.5. The van der Waals surface area contributed by atoms with Gasteiger partial charge >= 0.3 is 6.09 Å². The Morgan fingerprint density at radius 2 is 1.00 bits per heavy atom. The average Bonchev–Trinajstić information content (AvgIpc) is 3.18. The molecule has 4 heterocycles. The minimum atomic E-state index is -0.533. The van der Waals surface area contributed by atoms with Crippen molar-refractivity contribution in [1.82, 2.24) is 30.2 Å². The number of aromatic nitrogens is 4. The number of nitrogens with one attached hydrogen (secondary N) is 1. The monoisotopic (exact) mass is 738 g/mol. The first-order chi connectivity index (χ1) is 25.7. The number of carbonyl (C=O) groups excluding carboxylic acids is 1. The van der Waals surface area contributed by atoms with E-state index >= 15 is 0 Å². The number of amides is 1. The number of halogens is 1. The summed E-state index contributed by atoms with van der Waals surface area (Å²) >= 11 is 0. The van der Waals surface area contributed by atoms with Gasteiger partial charge in [-0.05, 0) is 34.6 Å². The van der Waals surface area contributed by atoms with Crippen LogP contribution < -0.4 is 5.32 Å². The molecule has 4 aromatic carbocycles. The molecule has 0 bridgehead atoms. The Bertz CT molecular complexity index is 2180. The predicted molar refractivity (Wildman–Crippen MR) is 218 cm³/mol. The lowest BCUT2D eigenvalue weighted by Gasteiger charge is -2.35. The molecule has 9 heteroatoms. The average molecular weight is 739 g/mol.